The highest BCUT2D eigenvalue weighted by molar-refractivity contribution is 7.97. The quantitative estimate of drug-likeness (QED) is 0.341. The third kappa shape index (κ3) is 5.11. The molecular formula is C22H31N5O3S. The Labute approximate surface area is 186 Å². The van der Waals surface area contributed by atoms with Crippen LogP contribution in [-0.4, -0.2) is 46.5 Å². The third-order valence-electron chi connectivity index (χ3n) is 5.16. The number of hydrogen-bond acceptors (Lipinski definition) is 7. The first kappa shape index (κ1) is 23.3. The van der Waals surface area contributed by atoms with Gasteiger partial charge < -0.3 is 14.5 Å². The maximum absolute atomic E-state index is 13.0. The van der Waals surface area contributed by atoms with Gasteiger partial charge in [0.25, 0.3) is 5.56 Å². The molecule has 0 spiro atoms. The summed E-state index contributed by atoms with van der Waals surface area (Å²) in [7, 11) is 1.67. The summed E-state index contributed by atoms with van der Waals surface area (Å²) in [6.45, 7) is 9.90. The van der Waals surface area contributed by atoms with E-state index in [9.17, 15) is 4.79 Å². The lowest BCUT2D eigenvalue weighted by Gasteiger charge is -2.13. The van der Waals surface area contributed by atoms with Crippen LogP contribution in [-0.2, 0) is 4.74 Å². The Kier molecular flexibility index (Phi) is 8.11. The molecular weight excluding hydrogens is 414 g/mol. The van der Waals surface area contributed by atoms with Crippen molar-refractivity contribution in [1.82, 2.24) is 24.3 Å². The molecule has 0 aliphatic carbocycles. The predicted molar refractivity (Wildman–Crippen MR) is 124 cm³/mol. The third-order valence-corrected chi connectivity index (χ3v) is 5.99. The van der Waals surface area contributed by atoms with Gasteiger partial charge in [0.05, 0.1) is 24.5 Å². The molecule has 0 fully saturated rings. The minimum absolute atomic E-state index is 0.203. The molecule has 1 aromatic carbocycles. The number of ether oxygens (including phenoxy) is 2. The number of hydrogen-bond donors (Lipinski definition) is 2. The zero-order valence-corrected chi connectivity index (χ0v) is 19.6. The second kappa shape index (κ2) is 10.8. The number of aromatic nitrogens is 4. The topological polar surface area (TPSA) is 93.5 Å². The van der Waals surface area contributed by atoms with Crippen molar-refractivity contribution in [2.24, 2.45) is 0 Å². The van der Waals surface area contributed by atoms with E-state index in [2.05, 4.69) is 28.5 Å². The fourth-order valence-corrected chi connectivity index (χ4v) is 4.21. The molecule has 9 heteroatoms. The second-order valence-electron chi connectivity index (χ2n) is 7.21. The first-order valence-electron chi connectivity index (χ1n) is 10.7. The highest BCUT2D eigenvalue weighted by atomic mass is 32.2. The van der Waals surface area contributed by atoms with Gasteiger partial charge >= 0.3 is 0 Å². The average Bonchev–Trinajstić information content (AvgIpc) is 3.10. The minimum Gasteiger partial charge on any atom is -0.493 e. The maximum Gasteiger partial charge on any atom is 0.277 e. The lowest BCUT2D eigenvalue weighted by atomic mass is 10.0. The predicted octanol–water partition coefficient (Wildman–Crippen LogP) is 3.94. The number of nitrogens with one attached hydrogen (secondary N) is 2. The largest absolute Gasteiger partial charge is 0.493 e. The Morgan fingerprint density at radius 1 is 1.26 bits per heavy atom. The van der Waals surface area contributed by atoms with Gasteiger partial charge in [0.2, 0.25) is 0 Å². The van der Waals surface area contributed by atoms with E-state index in [0.717, 1.165) is 35.7 Å². The number of nitrogens with zero attached hydrogens (tertiary/aromatic N) is 3. The molecule has 0 atom stereocenters. The van der Waals surface area contributed by atoms with Crippen LogP contribution in [0, 0.1) is 6.92 Å². The number of benzene rings is 1. The Balaban J connectivity index is 2.10. The molecule has 0 unspecified atom stereocenters. The Morgan fingerprint density at radius 3 is 2.71 bits per heavy atom. The van der Waals surface area contributed by atoms with E-state index in [0.29, 0.717) is 36.0 Å². The number of imidazole rings is 1. The van der Waals surface area contributed by atoms with Gasteiger partial charge in [-0.15, -0.1) is 5.10 Å². The van der Waals surface area contributed by atoms with Crippen molar-refractivity contribution in [3.8, 4) is 17.1 Å². The molecule has 0 bridgehead atoms. The molecule has 0 saturated carbocycles. The Morgan fingerprint density at radius 2 is 2.03 bits per heavy atom. The van der Waals surface area contributed by atoms with E-state index in [1.807, 2.05) is 32.0 Å². The number of aromatic amines is 1. The molecule has 168 valence electrons. The van der Waals surface area contributed by atoms with Gasteiger partial charge in [-0.25, -0.2) is 9.50 Å². The van der Waals surface area contributed by atoms with E-state index < -0.39 is 0 Å². The van der Waals surface area contributed by atoms with Crippen LogP contribution in [0.25, 0.3) is 16.9 Å². The van der Waals surface area contributed by atoms with E-state index in [1.165, 1.54) is 11.9 Å². The van der Waals surface area contributed by atoms with Crippen LogP contribution in [0.2, 0.25) is 0 Å². The highest BCUT2D eigenvalue weighted by Gasteiger charge is 2.21. The van der Waals surface area contributed by atoms with Crippen LogP contribution in [0.1, 0.15) is 51.0 Å². The summed E-state index contributed by atoms with van der Waals surface area (Å²) in [4.78, 5) is 21.6. The minimum atomic E-state index is -0.203. The summed E-state index contributed by atoms with van der Waals surface area (Å²) in [6.07, 6.45) is 1.87. The van der Waals surface area contributed by atoms with E-state index in [4.69, 9.17) is 14.6 Å². The molecule has 2 aromatic heterocycles. The molecule has 3 aromatic rings. The highest BCUT2D eigenvalue weighted by Crippen LogP contribution is 2.32. The smallest absolute Gasteiger partial charge is 0.277 e. The summed E-state index contributed by atoms with van der Waals surface area (Å²) in [6, 6.07) is 5.86. The van der Waals surface area contributed by atoms with Gasteiger partial charge in [0, 0.05) is 24.5 Å². The zero-order valence-electron chi connectivity index (χ0n) is 18.8. The first-order chi connectivity index (χ1) is 15.0. The van der Waals surface area contributed by atoms with Gasteiger partial charge in [-0.2, -0.15) is 0 Å². The normalized spacial score (nSPS) is 11.5. The van der Waals surface area contributed by atoms with E-state index >= 15 is 0 Å². The van der Waals surface area contributed by atoms with Crippen molar-refractivity contribution in [3.05, 3.63) is 40.1 Å². The van der Waals surface area contributed by atoms with Crippen molar-refractivity contribution in [2.45, 2.75) is 51.3 Å². The van der Waals surface area contributed by atoms with Crippen molar-refractivity contribution in [3.63, 3.8) is 0 Å². The number of methoxy groups -OCH3 is 1. The number of rotatable bonds is 11. The molecule has 0 amide bonds. The second-order valence-corrected chi connectivity index (χ2v) is 8.18. The van der Waals surface area contributed by atoms with Crippen LogP contribution in [0.3, 0.4) is 0 Å². The molecule has 0 aliphatic heterocycles. The zero-order chi connectivity index (χ0) is 22.4. The molecule has 2 N–H and O–H groups in total. The fourth-order valence-electron chi connectivity index (χ4n) is 3.55. The molecule has 2 heterocycles. The summed E-state index contributed by atoms with van der Waals surface area (Å²) in [5.74, 6) is 2.20. The van der Waals surface area contributed by atoms with Crippen LogP contribution in [0.4, 0.5) is 0 Å². The molecule has 0 radical (unpaired) electrons. The summed E-state index contributed by atoms with van der Waals surface area (Å²) in [5, 5.41) is 4.81. The molecule has 31 heavy (non-hydrogen) atoms. The van der Waals surface area contributed by atoms with Crippen LogP contribution < -0.4 is 15.0 Å². The lowest BCUT2D eigenvalue weighted by Crippen LogP contribution is -2.17. The van der Waals surface area contributed by atoms with Crippen LogP contribution in [0.15, 0.2) is 27.9 Å². The molecule has 0 aliphatic rings. The van der Waals surface area contributed by atoms with E-state index in [1.54, 1.807) is 11.6 Å². The monoisotopic (exact) mass is 445 g/mol. The standard InChI is InChI=1S/C22H31N5O3S/c1-6-15(7-2)21-24-14(4)19-22(28)25-20(26-27(19)21)17-13-16(31-23-11-12-29-5)9-10-18(17)30-8-3/h9-10,13,15,23H,6-8,11-12H2,1-5H3,(H,25,26,28). The Bertz CT molecular complexity index is 1070. The summed E-state index contributed by atoms with van der Waals surface area (Å²) < 4.78 is 15.9. The molecule has 0 saturated heterocycles. The van der Waals surface area contributed by atoms with Crippen LogP contribution >= 0.6 is 11.9 Å². The summed E-state index contributed by atoms with van der Waals surface area (Å²) in [5.41, 5.74) is 1.72. The number of fused-ring (bicyclic) bond motifs is 1. The lowest BCUT2D eigenvalue weighted by molar-refractivity contribution is 0.205. The van der Waals surface area contributed by atoms with Gasteiger partial charge in [-0.05, 0) is 56.8 Å². The van der Waals surface area contributed by atoms with Gasteiger partial charge in [0.1, 0.15) is 11.6 Å². The van der Waals surface area contributed by atoms with E-state index in [-0.39, 0.29) is 11.5 Å². The SMILES string of the molecule is CCOc1ccc(SNCCOC)cc1-c1nn2c(C(CC)CC)nc(C)c2c(=O)[nH]1. The van der Waals surface area contributed by atoms with Gasteiger partial charge in [0.15, 0.2) is 11.3 Å². The first-order valence-corrected chi connectivity index (χ1v) is 11.5. The number of H-pyrrole nitrogens is 1. The Hall–Kier alpha value is -2.36. The van der Waals surface area contributed by atoms with Gasteiger partial charge in [-0.1, -0.05) is 13.8 Å². The molecule has 8 nitrogen and oxygen atoms in total. The van der Waals surface area contributed by atoms with Crippen molar-refractivity contribution in [1.29, 1.82) is 0 Å². The average molecular weight is 446 g/mol. The number of aryl methyl sites for hydroxylation is 1. The fraction of sp³-hybridized carbons (Fsp3) is 0.500. The summed E-state index contributed by atoms with van der Waals surface area (Å²) >= 11 is 1.50. The van der Waals surface area contributed by atoms with Gasteiger partial charge in [-0.3, -0.25) is 9.52 Å². The molecule has 3 rings (SSSR count). The maximum atomic E-state index is 13.0. The van der Waals surface area contributed by atoms with Crippen molar-refractivity contribution >= 4 is 17.5 Å². The van der Waals surface area contributed by atoms with Crippen molar-refractivity contribution in [2.75, 3.05) is 26.9 Å². The van der Waals surface area contributed by atoms with Crippen molar-refractivity contribution < 1.29 is 9.47 Å². The van der Waals surface area contributed by atoms with Crippen LogP contribution in [0.5, 0.6) is 5.75 Å².